The number of allylic oxidation sites excluding steroid dienone is 1. The molecule has 1 aromatic heterocycles. The largest absolute Gasteiger partial charge is 0.301 e. The summed E-state index contributed by atoms with van der Waals surface area (Å²) in [6.45, 7) is 0. The molecule has 0 unspecified atom stereocenters. The van der Waals surface area contributed by atoms with Gasteiger partial charge in [0.1, 0.15) is 5.41 Å². The summed E-state index contributed by atoms with van der Waals surface area (Å²) < 4.78 is 37.2. The smallest absolute Gasteiger partial charge is 0.206 e. The zero-order chi connectivity index (χ0) is 14.5. The van der Waals surface area contributed by atoms with Crippen molar-refractivity contribution in [2.45, 2.75) is 19.3 Å². The number of thiophene rings is 1. The molecule has 0 fully saturated rings. The second kappa shape index (κ2) is 6.60. The van der Waals surface area contributed by atoms with Crippen molar-refractivity contribution in [2.75, 3.05) is 0 Å². The Morgan fingerprint density at radius 1 is 1.26 bits per heavy atom. The van der Waals surface area contributed by atoms with Crippen LogP contribution in [-0.2, 0) is 6.42 Å². The predicted molar refractivity (Wildman–Crippen MR) is 66.3 cm³/mol. The first-order valence-electron chi connectivity index (χ1n) is 5.19. The number of nitriles is 2. The van der Waals surface area contributed by atoms with E-state index in [-0.39, 0.29) is 12.8 Å². The van der Waals surface area contributed by atoms with Crippen molar-refractivity contribution in [3.63, 3.8) is 0 Å². The minimum atomic E-state index is -2.41. The summed E-state index contributed by atoms with van der Waals surface area (Å²) >= 11 is 6.93. The molecule has 0 radical (unpaired) electrons. The molecule has 0 aliphatic rings. The van der Waals surface area contributed by atoms with E-state index in [1.165, 1.54) is 11.3 Å². The molecule has 0 amide bonds. The van der Waals surface area contributed by atoms with Gasteiger partial charge in [0.2, 0.25) is 0 Å². The summed E-state index contributed by atoms with van der Waals surface area (Å²) in [5.41, 5.74) is -1.53. The monoisotopic (exact) mass is 304 g/mol. The maximum Gasteiger partial charge on any atom is 0.301 e. The molecule has 1 heterocycles. The van der Waals surface area contributed by atoms with Gasteiger partial charge in [0.15, 0.2) is 5.83 Å². The van der Waals surface area contributed by atoms with Crippen LogP contribution in [0.1, 0.15) is 17.7 Å². The molecule has 0 aromatic carbocycles. The molecule has 19 heavy (non-hydrogen) atoms. The van der Waals surface area contributed by atoms with Gasteiger partial charge in [0.25, 0.3) is 0 Å². The molecule has 0 aliphatic carbocycles. The molecular formula is C12H8ClF3N2S. The SMILES string of the molecule is N#CC(C#N)(CCC(F)=C(F)F)Cc1ccc(Cl)s1. The minimum Gasteiger partial charge on any atom is -0.206 e. The van der Waals surface area contributed by atoms with Crippen molar-refractivity contribution in [2.24, 2.45) is 5.41 Å². The quantitative estimate of drug-likeness (QED) is 0.781. The van der Waals surface area contributed by atoms with Crippen molar-refractivity contribution in [3.05, 3.63) is 33.3 Å². The van der Waals surface area contributed by atoms with Gasteiger partial charge in [-0.05, 0) is 18.6 Å². The molecule has 7 heteroatoms. The summed E-state index contributed by atoms with van der Waals surface area (Å²) in [7, 11) is 0. The number of nitrogens with zero attached hydrogens (tertiary/aromatic N) is 2. The van der Waals surface area contributed by atoms with E-state index in [1.54, 1.807) is 24.3 Å². The molecule has 0 bridgehead atoms. The molecule has 0 N–H and O–H groups in total. The van der Waals surface area contributed by atoms with Crippen LogP contribution in [0.25, 0.3) is 0 Å². The Hall–Kier alpha value is -1.50. The van der Waals surface area contributed by atoms with E-state index >= 15 is 0 Å². The maximum atomic E-state index is 12.8. The van der Waals surface area contributed by atoms with Crippen molar-refractivity contribution in [3.8, 4) is 12.1 Å². The Morgan fingerprint density at radius 3 is 2.32 bits per heavy atom. The molecule has 0 spiro atoms. The highest BCUT2D eigenvalue weighted by atomic mass is 35.5. The lowest BCUT2D eigenvalue weighted by Gasteiger charge is -2.16. The van der Waals surface area contributed by atoms with Gasteiger partial charge in [-0.15, -0.1) is 11.3 Å². The van der Waals surface area contributed by atoms with Crippen LogP contribution in [0.5, 0.6) is 0 Å². The number of hydrogen-bond donors (Lipinski definition) is 0. The summed E-state index contributed by atoms with van der Waals surface area (Å²) in [6, 6.07) is 6.84. The second-order valence-electron chi connectivity index (χ2n) is 3.85. The minimum absolute atomic E-state index is 0.0402. The van der Waals surface area contributed by atoms with Gasteiger partial charge in [0.05, 0.1) is 16.5 Å². The molecule has 0 saturated carbocycles. The molecule has 2 nitrogen and oxygen atoms in total. The fourth-order valence-electron chi connectivity index (χ4n) is 1.47. The summed E-state index contributed by atoms with van der Waals surface area (Å²) in [6.07, 6.45) is -3.30. The zero-order valence-corrected chi connectivity index (χ0v) is 11.2. The van der Waals surface area contributed by atoms with Gasteiger partial charge in [-0.2, -0.15) is 19.3 Å². The van der Waals surface area contributed by atoms with Gasteiger partial charge in [-0.3, -0.25) is 0 Å². The van der Waals surface area contributed by atoms with Crippen LogP contribution in [0.15, 0.2) is 24.0 Å². The van der Waals surface area contributed by atoms with Crippen molar-refractivity contribution < 1.29 is 13.2 Å². The topological polar surface area (TPSA) is 47.6 Å². The Kier molecular flexibility index (Phi) is 5.41. The number of halogens is 4. The fraction of sp³-hybridized carbons (Fsp3) is 0.333. The van der Waals surface area contributed by atoms with E-state index in [4.69, 9.17) is 22.1 Å². The number of hydrogen-bond acceptors (Lipinski definition) is 3. The predicted octanol–water partition coefficient (Wildman–Crippen LogP) is 4.84. The first-order valence-corrected chi connectivity index (χ1v) is 6.38. The number of rotatable bonds is 5. The van der Waals surface area contributed by atoms with E-state index in [2.05, 4.69) is 0 Å². The van der Waals surface area contributed by atoms with Gasteiger partial charge in [-0.1, -0.05) is 11.6 Å². The third-order valence-electron chi connectivity index (χ3n) is 2.51. The lowest BCUT2D eigenvalue weighted by atomic mass is 9.82. The van der Waals surface area contributed by atoms with Crippen LogP contribution in [0.4, 0.5) is 13.2 Å². The van der Waals surface area contributed by atoms with Gasteiger partial charge < -0.3 is 0 Å². The molecular weight excluding hydrogens is 297 g/mol. The van der Waals surface area contributed by atoms with Crippen LogP contribution in [0.2, 0.25) is 4.34 Å². The molecule has 1 rings (SSSR count). The third-order valence-corrected chi connectivity index (χ3v) is 3.74. The highest BCUT2D eigenvalue weighted by Crippen LogP contribution is 2.33. The summed E-state index contributed by atoms with van der Waals surface area (Å²) in [5.74, 6) is -1.58. The average Bonchev–Trinajstić information content (AvgIpc) is 2.79. The second-order valence-corrected chi connectivity index (χ2v) is 5.65. The normalized spacial score (nSPS) is 10.6. The molecule has 0 atom stereocenters. The van der Waals surface area contributed by atoms with Crippen molar-refractivity contribution in [1.29, 1.82) is 10.5 Å². The fourth-order valence-corrected chi connectivity index (χ4v) is 2.67. The lowest BCUT2D eigenvalue weighted by Crippen LogP contribution is -2.19. The third kappa shape index (κ3) is 4.27. The van der Waals surface area contributed by atoms with E-state index in [1.807, 2.05) is 0 Å². The van der Waals surface area contributed by atoms with E-state index in [0.717, 1.165) is 0 Å². The highest BCUT2D eigenvalue weighted by Gasteiger charge is 2.31. The van der Waals surface area contributed by atoms with Crippen LogP contribution in [0.3, 0.4) is 0 Å². The molecule has 100 valence electrons. The molecule has 0 saturated heterocycles. The standard InChI is InChI=1S/C12H8ClF3N2S/c13-10-2-1-8(19-10)5-12(6-17,7-18)4-3-9(14)11(15)16/h1-2H,3-5H2. The van der Waals surface area contributed by atoms with E-state index in [0.29, 0.717) is 9.21 Å². The zero-order valence-electron chi connectivity index (χ0n) is 9.59. The van der Waals surface area contributed by atoms with Crippen LogP contribution >= 0.6 is 22.9 Å². The Labute approximate surface area is 117 Å². The first-order chi connectivity index (χ1) is 8.92. The Balaban J connectivity index is 2.84. The van der Waals surface area contributed by atoms with Crippen LogP contribution in [0, 0.1) is 28.1 Å². The van der Waals surface area contributed by atoms with Crippen molar-refractivity contribution >= 4 is 22.9 Å². The van der Waals surface area contributed by atoms with E-state index in [9.17, 15) is 13.2 Å². The summed E-state index contributed by atoms with van der Waals surface area (Å²) in [5, 5.41) is 18.1. The lowest BCUT2D eigenvalue weighted by molar-refractivity contribution is 0.355. The first kappa shape index (κ1) is 15.6. The van der Waals surface area contributed by atoms with Gasteiger partial charge in [-0.25, -0.2) is 4.39 Å². The average molecular weight is 305 g/mol. The Bertz CT molecular complexity index is 550. The van der Waals surface area contributed by atoms with Gasteiger partial charge >= 0.3 is 6.08 Å². The maximum absolute atomic E-state index is 12.8. The molecule has 0 aliphatic heterocycles. The highest BCUT2D eigenvalue weighted by molar-refractivity contribution is 7.16. The van der Waals surface area contributed by atoms with Gasteiger partial charge in [0, 0.05) is 17.7 Å². The van der Waals surface area contributed by atoms with Crippen molar-refractivity contribution in [1.82, 2.24) is 0 Å². The van der Waals surface area contributed by atoms with E-state index < -0.39 is 23.7 Å². The Morgan fingerprint density at radius 2 is 1.89 bits per heavy atom. The van der Waals surface area contributed by atoms with Crippen LogP contribution in [-0.4, -0.2) is 0 Å². The molecule has 1 aromatic rings. The summed E-state index contributed by atoms with van der Waals surface area (Å²) in [4.78, 5) is 0.679. The van der Waals surface area contributed by atoms with Crippen LogP contribution < -0.4 is 0 Å².